The molecular formula is C14H25O5P. The molecule has 6 heteroatoms. The Morgan fingerprint density at radius 2 is 1.95 bits per heavy atom. The number of carbonyl (C=O) groups is 1. The Bertz CT molecular complexity index is 370. The van der Waals surface area contributed by atoms with Crippen LogP contribution in [0.5, 0.6) is 0 Å². The van der Waals surface area contributed by atoms with Crippen LogP contribution in [-0.2, 0) is 22.9 Å². The minimum absolute atomic E-state index is 0.151. The summed E-state index contributed by atoms with van der Waals surface area (Å²) in [5.41, 5.74) is 0. The van der Waals surface area contributed by atoms with Crippen molar-refractivity contribution in [2.45, 2.75) is 46.5 Å². The van der Waals surface area contributed by atoms with Gasteiger partial charge in [-0.05, 0) is 45.4 Å². The highest BCUT2D eigenvalue weighted by atomic mass is 31.2. The molecule has 0 saturated carbocycles. The Kier molecular flexibility index (Phi) is 7.49. The first-order valence-corrected chi connectivity index (χ1v) is 8.81. The molecule has 5 nitrogen and oxygen atoms in total. The summed E-state index contributed by atoms with van der Waals surface area (Å²) in [6.45, 7) is 5.64. The second-order valence-electron chi connectivity index (χ2n) is 4.73. The van der Waals surface area contributed by atoms with E-state index in [9.17, 15) is 9.36 Å². The maximum Gasteiger partial charge on any atom is 0.532 e. The van der Waals surface area contributed by atoms with Gasteiger partial charge in [0.15, 0.2) is 0 Å². The van der Waals surface area contributed by atoms with Gasteiger partial charge in [-0.25, -0.2) is 4.57 Å². The van der Waals surface area contributed by atoms with E-state index in [1.165, 1.54) is 0 Å². The summed E-state index contributed by atoms with van der Waals surface area (Å²) in [6.07, 6.45) is 7.88. The number of phosphoric ester groups is 1. The molecule has 0 amide bonds. The minimum Gasteiger partial charge on any atom is -0.370 e. The maximum absolute atomic E-state index is 12.3. The van der Waals surface area contributed by atoms with Gasteiger partial charge in [-0.2, -0.15) is 0 Å². The number of allylic oxidation sites excluding steroid dienone is 2. The smallest absolute Gasteiger partial charge is 0.370 e. The van der Waals surface area contributed by atoms with Gasteiger partial charge in [-0.15, -0.1) is 0 Å². The molecule has 0 aliphatic heterocycles. The van der Waals surface area contributed by atoms with Crippen molar-refractivity contribution in [3.05, 3.63) is 12.2 Å². The predicted molar refractivity (Wildman–Crippen MR) is 77.2 cm³/mol. The van der Waals surface area contributed by atoms with Crippen LogP contribution in [0.4, 0.5) is 0 Å². The van der Waals surface area contributed by atoms with Gasteiger partial charge >= 0.3 is 13.8 Å². The largest absolute Gasteiger partial charge is 0.532 e. The molecule has 0 fully saturated rings. The van der Waals surface area contributed by atoms with Crippen molar-refractivity contribution < 1.29 is 22.9 Å². The van der Waals surface area contributed by atoms with Crippen LogP contribution in [0, 0.1) is 11.8 Å². The number of carbonyl (C=O) groups excluding carboxylic acids is 1. The Morgan fingerprint density at radius 3 is 2.40 bits per heavy atom. The highest BCUT2D eigenvalue weighted by molar-refractivity contribution is 7.49. The lowest BCUT2D eigenvalue weighted by Crippen LogP contribution is -2.25. The predicted octanol–water partition coefficient (Wildman–Crippen LogP) is 4.09. The normalized spacial score (nSPS) is 20.6. The summed E-state index contributed by atoms with van der Waals surface area (Å²) in [5, 5.41) is 0. The van der Waals surface area contributed by atoms with Crippen LogP contribution >= 0.6 is 7.82 Å². The molecule has 0 aromatic heterocycles. The summed E-state index contributed by atoms with van der Waals surface area (Å²) in [4.78, 5) is 12.3. The Morgan fingerprint density at radius 1 is 1.30 bits per heavy atom. The maximum atomic E-state index is 12.3. The zero-order valence-corrected chi connectivity index (χ0v) is 13.4. The van der Waals surface area contributed by atoms with E-state index in [4.69, 9.17) is 13.6 Å². The molecule has 20 heavy (non-hydrogen) atoms. The zero-order chi connectivity index (χ0) is 15.0. The molecule has 0 radical (unpaired) electrons. The molecule has 2 unspecified atom stereocenters. The van der Waals surface area contributed by atoms with E-state index in [0.717, 1.165) is 19.3 Å². The van der Waals surface area contributed by atoms with E-state index < -0.39 is 13.8 Å². The van der Waals surface area contributed by atoms with Gasteiger partial charge in [-0.3, -0.25) is 13.8 Å². The van der Waals surface area contributed by atoms with Gasteiger partial charge in [0.25, 0.3) is 0 Å². The minimum atomic E-state index is -3.77. The third-order valence-corrected chi connectivity index (χ3v) is 4.88. The topological polar surface area (TPSA) is 61.8 Å². The fourth-order valence-electron chi connectivity index (χ4n) is 2.40. The lowest BCUT2D eigenvalue weighted by molar-refractivity contribution is -0.142. The lowest BCUT2D eigenvalue weighted by Gasteiger charge is -2.25. The molecule has 116 valence electrons. The van der Waals surface area contributed by atoms with Gasteiger partial charge in [0.1, 0.15) is 0 Å². The first kappa shape index (κ1) is 17.4. The summed E-state index contributed by atoms with van der Waals surface area (Å²) < 4.78 is 27.3. The van der Waals surface area contributed by atoms with Crippen molar-refractivity contribution in [2.75, 3.05) is 13.2 Å². The van der Waals surface area contributed by atoms with Gasteiger partial charge in [0.2, 0.25) is 0 Å². The fraction of sp³-hybridized carbons (Fsp3) is 0.786. The molecule has 0 spiro atoms. The Balaban J connectivity index is 2.72. The fourth-order valence-corrected chi connectivity index (χ4v) is 3.57. The zero-order valence-electron chi connectivity index (χ0n) is 12.5. The summed E-state index contributed by atoms with van der Waals surface area (Å²) >= 11 is 0. The van der Waals surface area contributed by atoms with E-state index in [2.05, 4.69) is 12.2 Å². The van der Waals surface area contributed by atoms with Gasteiger partial charge < -0.3 is 4.52 Å². The van der Waals surface area contributed by atoms with E-state index >= 15 is 0 Å². The second kappa shape index (κ2) is 8.60. The van der Waals surface area contributed by atoms with Crippen LogP contribution < -0.4 is 0 Å². The average Bonchev–Trinajstić information content (AvgIpc) is 2.41. The van der Waals surface area contributed by atoms with Crippen LogP contribution in [0.25, 0.3) is 0 Å². The molecule has 1 aliphatic carbocycles. The van der Waals surface area contributed by atoms with Gasteiger partial charge in [0.05, 0.1) is 19.1 Å². The molecule has 0 aromatic rings. The SMILES string of the molecule is CCOP(=O)(OCC)OC(=O)C(CC)C1C=CCCC1. The van der Waals surface area contributed by atoms with Crippen LogP contribution in [0.1, 0.15) is 46.5 Å². The third kappa shape index (κ3) is 5.04. The summed E-state index contributed by atoms with van der Waals surface area (Å²) in [6, 6.07) is 0. The van der Waals surface area contributed by atoms with E-state index in [1.807, 2.05) is 6.92 Å². The van der Waals surface area contributed by atoms with Crippen molar-refractivity contribution in [1.82, 2.24) is 0 Å². The number of hydrogen-bond acceptors (Lipinski definition) is 5. The van der Waals surface area contributed by atoms with E-state index in [0.29, 0.717) is 6.42 Å². The lowest BCUT2D eigenvalue weighted by atomic mass is 9.83. The third-order valence-electron chi connectivity index (χ3n) is 3.33. The molecule has 2 atom stereocenters. The average molecular weight is 304 g/mol. The Hall–Kier alpha value is -0.640. The van der Waals surface area contributed by atoms with Crippen LogP contribution in [0.3, 0.4) is 0 Å². The summed E-state index contributed by atoms with van der Waals surface area (Å²) in [7, 11) is -3.77. The van der Waals surface area contributed by atoms with Crippen molar-refractivity contribution >= 4 is 13.8 Å². The highest BCUT2D eigenvalue weighted by Gasteiger charge is 2.35. The first-order chi connectivity index (χ1) is 9.56. The monoisotopic (exact) mass is 304 g/mol. The molecule has 0 bridgehead atoms. The van der Waals surface area contributed by atoms with Crippen molar-refractivity contribution in [3.63, 3.8) is 0 Å². The Labute approximate surface area is 121 Å². The van der Waals surface area contributed by atoms with E-state index in [-0.39, 0.29) is 25.0 Å². The summed E-state index contributed by atoms with van der Waals surface area (Å²) in [5.74, 6) is -0.631. The number of rotatable bonds is 8. The van der Waals surface area contributed by atoms with Crippen molar-refractivity contribution in [3.8, 4) is 0 Å². The first-order valence-electron chi connectivity index (χ1n) is 7.35. The highest BCUT2D eigenvalue weighted by Crippen LogP contribution is 2.50. The van der Waals surface area contributed by atoms with Crippen LogP contribution in [-0.4, -0.2) is 19.2 Å². The standard InChI is InChI=1S/C14H25O5P/c1-4-13(12-10-8-7-9-11-12)14(15)19-20(16,17-5-2)18-6-3/h8,10,12-13H,4-7,9,11H2,1-3H3. The molecule has 0 heterocycles. The quantitative estimate of drug-likeness (QED) is 0.499. The molecule has 1 aliphatic rings. The number of phosphoric acid groups is 1. The molecule has 0 saturated heterocycles. The second-order valence-corrected chi connectivity index (χ2v) is 6.32. The van der Waals surface area contributed by atoms with E-state index in [1.54, 1.807) is 13.8 Å². The van der Waals surface area contributed by atoms with Gasteiger partial charge in [0, 0.05) is 0 Å². The van der Waals surface area contributed by atoms with Crippen molar-refractivity contribution in [1.29, 1.82) is 0 Å². The molecule has 1 rings (SSSR count). The molecule has 0 aromatic carbocycles. The van der Waals surface area contributed by atoms with Gasteiger partial charge in [-0.1, -0.05) is 19.1 Å². The molecule has 0 N–H and O–H groups in total. The number of hydrogen-bond donors (Lipinski definition) is 0. The van der Waals surface area contributed by atoms with Crippen molar-refractivity contribution in [2.24, 2.45) is 11.8 Å². The molecular weight excluding hydrogens is 279 g/mol. The van der Waals surface area contributed by atoms with Crippen LogP contribution in [0.2, 0.25) is 0 Å². The van der Waals surface area contributed by atoms with Crippen LogP contribution in [0.15, 0.2) is 12.2 Å².